The Bertz CT molecular complexity index is 1240. The van der Waals surface area contributed by atoms with Gasteiger partial charge in [0.2, 0.25) is 11.1 Å². The van der Waals surface area contributed by atoms with Gasteiger partial charge in [-0.1, -0.05) is 35.5 Å². The number of ether oxygens (including phenoxy) is 2. The SMILES string of the molecule is Cc1ccc(-n2nnnc2SCC(=O)N(Cc2cccs2)c2ccc3c(c2)OCCO3)cc1. The molecule has 0 unspecified atom stereocenters. The second kappa shape index (κ2) is 9.63. The Hall–Kier alpha value is -3.37. The van der Waals surface area contributed by atoms with Crippen molar-refractivity contribution in [1.29, 1.82) is 0 Å². The molecule has 10 heteroatoms. The van der Waals surface area contributed by atoms with Gasteiger partial charge in [0.25, 0.3) is 0 Å². The lowest BCUT2D eigenvalue weighted by atomic mass is 10.2. The van der Waals surface area contributed by atoms with Crippen LogP contribution < -0.4 is 14.4 Å². The molecule has 8 nitrogen and oxygen atoms in total. The van der Waals surface area contributed by atoms with Crippen molar-refractivity contribution in [3.63, 3.8) is 0 Å². The molecule has 4 aromatic rings. The van der Waals surface area contributed by atoms with E-state index < -0.39 is 0 Å². The third-order valence-electron chi connectivity index (χ3n) is 5.08. The maximum absolute atomic E-state index is 13.4. The number of thiophene rings is 1. The number of thioether (sulfide) groups is 1. The summed E-state index contributed by atoms with van der Waals surface area (Å²) in [5, 5.41) is 14.6. The maximum atomic E-state index is 13.4. The quantitative estimate of drug-likeness (QED) is 0.369. The molecule has 1 aliphatic rings. The molecule has 0 radical (unpaired) electrons. The van der Waals surface area contributed by atoms with Crippen molar-refractivity contribution in [2.45, 2.75) is 18.6 Å². The van der Waals surface area contributed by atoms with Crippen molar-refractivity contribution in [2.24, 2.45) is 0 Å². The molecule has 0 aliphatic carbocycles. The molecular weight excluding hydrogens is 458 g/mol. The summed E-state index contributed by atoms with van der Waals surface area (Å²) in [5.41, 5.74) is 2.76. The van der Waals surface area contributed by atoms with Gasteiger partial charge in [-0.2, -0.15) is 4.68 Å². The number of amides is 1. The van der Waals surface area contributed by atoms with E-state index in [1.165, 1.54) is 11.8 Å². The summed E-state index contributed by atoms with van der Waals surface area (Å²) in [7, 11) is 0. The minimum Gasteiger partial charge on any atom is -0.486 e. The van der Waals surface area contributed by atoms with E-state index in [1.807, 2.05) is 66.9 Å². The maximum Gasteiger partial charge on any atom is 0.237 e. The lowest BCUT2D eigenvalue weighted by Gasteiger charge is -2.25. The lowest BCUT2D eigenvalue weighted by Crippen LogP contribution is -2.32. The second-order valence-electron chi connectivity index (χ2n) is 7.38. The topological polar surface area (TPSA) is 82.4 Å². The molecule has 0 atom stereocenters. The fourth-order valence-corrected chi connectivity index (χ4v) is 4.86. The van der Waals surface area contributed by atoms with Crippen LogP contribution in [-0.4, -0.2) is 45.1 Å². The third kappa shape index (κ3) is 4.86. The van der Waals surface area contributed by atoms with Crippen LogP contribution in [-0.2, 0) is 11.3 Å². The van der Waals surface area contributed by atoms with Crippen molar-refractivity contribution in [3.05, 3.63) is 70.4 Å². The molecule has 168 valence electrons. The number of fused-ring (bicyclic) bond motifs is 1. The summed E-state index contributed by atoms with van der Waals surface area (Å²) in [6.45, 7) is 3.51. The van der Waals surface area contributed by atoms with Gasteiger partial charge in [-0.3, -0.25) is 4.79 Å². The van der Waals surface area contributed by atoms with Crippen LogP contribution >= 0.6 is 23.1 Å². The lowest BCUT2D eigenvalue weighted by molar-refractivity contribution is -0.116. The summed E-state index contributed by atoms with van der Waals surface area (Å²) >= 11 is 2.92. The van der Waals surface area contributed by atoms with Gasteiger partial charge in [0.15, 0.2) is 11.5 Å². The van der Waals surface area contributed by atoms with Gasteiger partial charge in [0.1, 0.15) is 13.2 Å². The highest BCUT2D eigenvalue weighted by atomic mass is 32.2. The second-order valence-corrected chi connectivity index (χ2v) is 9.36. The fraction of sp³-hybridized carbons (Fsp3) is 0.217. The molecular formula is C23H21N5O3S2. The number of carbonyl (C=O) groups excluding carboxylic acids is 1. The monoisotopic (exact) mass is 479 g/mol. The van der Waals surface area contributed by atoms with Gasteiger partial charge in [-0.05, 0) is 53.1 Å². The highest BCUT2D eigenvalue weighted by molar-refractivity contribution is 7.99. The Kier molecular flexibility index (Phi) is 6.27. The van der Waals surface area contributed by atoms with E-state index in [4.69, 9.17) is 9.47 Å². The van der Waals surface area contributed by atoms with Crippen LogP contribution in [0.1, 0.15) is 10.4 Å². The van der Waals surface area contributed by atoms with Crippen LogP contribution in [0.2, 0.25) is 0 Å². The average Bonchev–Trinajstić information content (AvgIpc) is 3.53. The van der Waals surface area contributed by atoms with Gasteiger partial charge in [-0.15, -0.1) is 16.4 Å². The highest BCUT2D eigenvalue weighted by Gasteiger charge is 2.22. The molecule has 1 aliphatic heterocycles. The number of aryl methyl sites for hydroxylation is 1. The van der Waals surface area contributed by atoms with Crippen LogP contribution in [0.4, 0.5) is 5.69 Å². The molecule has 0 N–H and O–H groups in total. The van der Waals surface area contributed by atoms with E-state index in [2.05, 4.69) is 15.5 Å². The molecule has 1 amide bonds. The highest BCUT2D eigenvalue weighted by Crippen LogP contribution is 2.35. The van der Waals surface area contributed by atoms with E-state index in [9.17, 15) is 4.79 Å². The number of anilines is 1. The zero-order valence-corrected chi connectivity index (χ0v) is 19.5. The molecule has 2 aromatic carbocycles. The molecule has 0 saturated heterocycles. The Morgan fingerprint density at radius 3 is 2.73 bits per heavy atom. The Balaban J connectivity index is 1.36. The van der Waals surface area contributed by atoms with Gasteiger partial charge in [0.05, 0.1) is 18.0 Å². The van der Waals surface area contributed by atoms with Crippen molar-refractivity contribution in [1.82, 2.24) is 20.2 Å². The van der Waals surface area contributed by atoms with Crippen molar-refractivity contribution in [3.8, 4) is 17.2 Å². The summed E-state index contributed by atoms with van der Waals surface area (Å²) in [4.78, 5) is 16.2. The number of tetrazole rings is 1. The van der Waals surface area contributed by atoms with E-state index >= 15 is 0 Å². The number of carbonyl (C=O) groups is 1. The van der Waals surface area contributed by atoms with E-state index in [-0.39, 0.29) is 11.7 Å². The summed E-state index contributed by atoms with van der Waals surface area (Å²) in [6.07, 6.45) is 0. The van der Waals surface area contributed by atoms with E-state index in [1.54, 1.807) is 20.9 Å². The molecule has 3 heterocycles. The predicted octanol–water partition coefficient (Wildman–Crippen LogP) is 4.13. The first-order chi connectivity index (χ1) is 16.2. The van der Waals surface area contributed by atoms with Crippen LogP contribution in [0.3, 0.4) is 0 Å². The zero-order valence-electron chi connectivity index (χ0n) is 17.9. The molecule has 0 saturated carbocycles. The van der Waals surface area contributed by atoms with E-state index in [0.29, 0.717) is 36.4 Å². The largest absolute Gasteiger partial charge is 0.486 e. The Labute approximate surface area is 199 Å². The fourth-order valence-electron chi connectivity index (χ4n) is 3.40. The number of hydrogen-bond acceptors (Lipinski definition) is 8. The number of rotatable bonds is 7. The summed E-state index contributed by atoms with van der Waals surface area (Å²) < 4.78 is 13.0. The van der Waals surface area contributed by atoms with Gasteiger partial charge >= 0.3 is 0 Å². The predicted molar refractivity (Wildman–Crippen MR) is 128 cm³/mol. The summed E-state index contributed by atoms with van der Waals surface area (Å²) in [5.74, 6) is 1.48. The molecule has 5 rings (SSSR count). The van der Waals surface area contributed by atoms with Crippen LogP contribution in [0, 0.1) is 6.92 Å². The Morgan fingerprint density at radius 2 is 1.94 bits per heavy atom. The molecule has 2 aromatic heterocycles. The van der Waals surface area contributed by atoms with Gasteiger partial charge < -0.3 is 14.4 Å². The van der Waals surface area contributed by atoms with Crippen LogP contribution in [0.5, 0.6) is 11.5 Å². The first-order valence-corrected chi connectivity index (χ1v) is 12.2. The molecule has 0 bridgehead atoms. The van der Waals surface area contributed by atoms with Gasteiger partial charge in [-0.25, -0.2) is 0 Å². The third-order valence-corrected chi connectivity index (χ3v) is 6.84. The average molecular weight is 480 g/mol. The summed E-state index contributed by atoms with van der Waals surface area (Å²) in [6, 6.07) is 17.5. The minimum absolute atomic E-state index is 0.0523. The Morgan fingerprint density at radius 1 is 1.12 bits per heavy atom. The zero-order chi connectivity index (χ0) is 22.6. The first-order valence-electron chi connectivity index (χ1n) is 10.4. The number of hydrogen-bond donors (Lipinski definition) is 0. The van der Waals surface area contributed by atoms with E-state index in [0.717, 1.165) is 21.8 Å². The normalized spacial score (nSPS) is 12.5. The van der Waals surface area contributed by atoms with Gasteiger partial charge in [0, 0.05) is 16.6 Å². The molecule has 0 fully saturated rings. The number of benzene rings is 2. The minimum atomic E-state index is -0.0523. The number of nitrogens with zero attached hydrogens (tertiary/aromatic N) is 5. The van der Waals surface area contributed by atoms with Crippen LogP contribution in [0.15, 0.2) is 65.1 Å². The number of aromatic nitrogens is 4. The van der Waals surface area contributed by atoms with Crippen molar-refractivity contribution >= 4 is 34.7 Å². The van der Waals surface area contributed by atoms with Crippen molar-refractivity contribution in [2.75, 3.05) is 23.9 Å². The van der Waals surface area contributed by atoms with Crippen LogP contribution in [0.25, 0.3) is 5.69 Å². The molecule has 33 heavy (non-hydrogen) atoms. The molecule has 0 spiro atoms. The smallest absolute Gasteiger partial charge is 0.237 e. The standard InChI is InChI=1S/C23H21N5O3S2/c1-16-4-6-17(7-5-16)28-23(24-25-26-28)33-15-22(29)27(14-19-3-2-12-32-19)18-8-9-20-21(13-18)31-11-10-30-20/h2-9,12-13H,10-11,14-15H2,1H3. The van der Waals surface area contributed by atoms with Crippen molar-refractivity contribution < 1.29 is 14.3 Å². The first kappa shape index (κ1) is 21.5.